The summed E-state index contributed by atoms with van der Waals surface area (Å²) in [4.78, 5) is 8.89. The van der Waals surface area contributed by atoms with Crippen molar-refractivity contribution in [3.05, 3.63) is 120 Å². The lowest BCUT2D eigenvalue weighted by molar-refractivity contribution is 0.0724. The summed E-state index contributed by atoms with van der Waals surface area (Å²) in [6.45, 7) is 15.2. The van der Waals surface area contributed by atoms with Crippen molar-refractivity contribution in [3.8, 4) is 11.5 Å². The SMILES string of the molecule is C.CC(C)C(=C=Nc1ccccc1)c1ccc(O)cc1.CCCCC(C)(CC)Oc1ccc(C(=C=Nc2ccccc2)C(C)C)cc1. The van der Waals surface area contributed by atoms with Crippen LogP contribution in [0.25, 0.3) is 11.1 Å². The van der Waals surface area contributed by atoms with Crippen molar-refractivity contribution in [3.63, 3.8) is 0 Å². The second kappa shape index (κ2) is 19.8. The molecule has 248 valence electrons. The summed E-state index contributed by atoms with van der Waals surface area (Å²) in [6, 6.07) is 35.2. The van der Waals surface area contributed by atoms with Gasteiger partial charge in [0.05, 0.1) is 11.4 Å². The average molecular weight is 631 g/mol. The zero-order chi connectivity index (χ0) is 33.4. The van der Waals surface area contributed by atoms with Crippen molar-refractivity contribution in [2.45, 2.75) is 87.2 Å². The van der Waals surface area contributed by atoms with E-state index in [4.69, 9.17) is 4.74 Å². The summed E-state index contributed by atoms with van der Waals surface area (Å²) >= 11 is 0. The van der Waals surface area contributed by atoms with Crippen LogP contribution in [0.4, 0.5) is 11.4 Å². The fourth-order valence-corrected chi connectivity index (χ4v) is 4.79. The molecular formula is C43H54N2O2. The molecule has 0 fully saturated rings. The summed E-state index contributed by atoms with van der Waals surface area (Å²) in [6.07, 6.45) is 4.48. The topological polar surface area (TPSA) is 54.2 Å². The number of ether oxygens (including phenoxy) is 1. The predicted octanol–water partition coefficient (Wildman–Crippen LogP) is 12.5. The lowest BCUT2D eigenvalue weighted by Crippen LogP contribution is -2.31. The molecule has 4 aromatic rings. The Balaban J connectivity index is 0.000000338. The first-order valence-corrected chi connectivity index (χ1v) is 16.5. The van der Waals surface area contributed by atoms with Crippen molar-refractivity contribution in [2.24, 2.45) is 21.8 Å². The van der Waals surface area contributed by atoms with E-state index in [1.54, 1.807) is 12.1 Å². The smallest absolute Gasteiger partial charge is 0.120 e. The van der Waals surface area contributed by atoms with Gasteiger partial charge in [-0.2, -0.15) is 0 Å². The maximum absolute atomic E-state index is 9.33. The van der Waals surface area contributed by atoms with Gasteiger partial charge in [0.15, 0.2) is 0 Å². The molecule has 1 N–H and O–H groups in total. The predicted molar refractivity (Wildman–Crippen MR) is 204 cm³/mol. The normalized spacial score (nSPS) is 11.5. The van der Waals surface area contributed by atoms with Crippen LogP contribution in [0.5, 0.6) is 11.5 Å². The van der Waals surface area contributed by atoms with Gasteiger partial charge in [-0.1, -0.05) is 116 Å². The molecule has 4 heteroatoms. The first kappa shape index (κ1) is 38.6. The number of hydrogen-bond donors (Lipinski definition) is 1. The Morgan fingerprint density at radius 3 is 1.49 bits per heavy atom. The van der Waals surface area contributed by atoms with Gasteiger partial charge in [0.25, 0.3) is 0 Å². The number of aliphatic imine (C=N–C) groups is 2. The number of para-hydroxylation sites is 2. The van der Waals surface area contributed by atoms with Crippen LogP contribution in [0.2, 0.25) is 0 Å². The van der Waals surface area contributed by atoms with E-state index in [0.717, 1.165) is 52.2 Å². The number of rotatable bonds is 12. The second-order valence-electron chi connectivity index (χ2n) is 12.3. The highest BCUT2D eigenvalue weighted by Gasteiger charge is 2.23. The number of aromatic hydroxyl groups is 1. The number of hydrogen-bond acceptors (Lipinski definition) is 4. The molecule has 0 aromatic heterocycles. The Morgan fingerprint density at radius 2 is 1.11 bits per heavy atom. The summed E-state index contributed by atoms with van der Waals surface area (Å²) < 4.78 is 6.32. The Bertz CT molecular complexity index is 1590. The molecule has 47 heavy (non-hydrogen) atoms. The molecule has 0 heterocycles. The maximum Gasteiger partial charge on any atom is 0.120 e. The molecule has 4 rings (SSSR count). The zero-order valence-electron chi connectivity index (χ0n) is 28.6. The molecule has 0 bridgehead atoms. The van der Waals surface area contributed by atoms with Gasteiger partial charge in [0.2, 0.25) is 0 Å². The van der Waals surface area contributed by atoms with Gasteiger partial charge in [0, 0.05) is 11.1 Å². The van der Waals surface area contributed by atoms with Crippen LogP contribution < -0.4 is 4.74 Å². The molecule has 4 nitrogen and oxygen atoms in total. The number of benzene rings is 4. The summed E-state index contributed by atoms with van der Waals surface area (Å²) in [5, 5.41) is 9.33. The number of allylic oxidation sites excluding steroid dienone is 2. The van der Waals surface area contributed by atoms with Gasteiger partial charge in [-0.05, 0) is 109 Å². The molecule has 0 radical (unpaired) electrons. The number of phenols is 1. The van der Waals surface area contributed by atoms with E-state index < -0.39 is 0 Å². The monoisotopic (exact) mass is 630 g/mol. The zero-order valence-corrected chi connectivity index (χ0v) is 28.6. The van der Waals surface area contributed by atoms with Gasteiger partial charge in [-0.3, -0.25) is 0 Å². The van der Waals surface area contributed by atoms with E-state index in [1.165, 1.54) is 12.8 Å². The maximum atomic E-state index is 9.33. The Kier molecular flexibility index (Phi) is 16.2. The highest BCUT2D eigenvalue weighted by molar-refractivity contribution is 5.92. The van der Waals surface area contributed by atoms with Crippen LogP contribution >= 0.6 is 0 Å². The van der Waals surface area contributed by atoms with Crippen LogP contribution in [-0.4, -0.2) is 22.4 Å². The third-order valence-corrected chi connectivity index (χ3v) is 7.79. The molecule has 0 aliphatic rings. The highest BCUT2D eigenvalue weighted by Crippen LogP contribution is 2.29. The van der Waals surface area contributed by atoms with E-state index in [1.807, 2.05) is 72.8 Å². The Morgan fingerprint density at radius 1 is 0.681 bits per heavy atom. The Hall–Kier alpha value is -4.62. The van der Waals surface area contributed by atoms with Crippen molar-refractivity contribution in [2.75, 3.05) is 0 Å². The molecule has 1 unspecified atom stereocenters. The van der Waals surface area contributed by atoms with Gasteiger partial charge in [-0.25, -0.2) is 9.98 Å². The van der Waals surface area contributed by atoms with Crippen LogP contribution in [-0.2, 0) is 0 Å². The largest absolute Gasteiger partial charge is 0.508 e. The third-order valence-electron chi connectivity index (χ3n) is 7.79. The summed E-state index contributed by atoms with van der Waals surface area (Å²) in [5.74, 6) is 8.25. The van der Waals surface area contributed by atoms with Gasteiger partial charge < -0.3 is 9.84 Å². The fourth-order valence-electron chi connectivity index (χ4n) is 4.79. The lowest BCUT2D eigenvalue weighted by Gasteiger charge is -2.30. The highest BCUT2D eigenvalue weighted by atomic mass is 16.5. The van der Waals surface area contributed by atoms with Crippen molar-refractivity contribution in [1.82, 2.24) is 0 Å². The first-order chi connectivity index (χ1) is 22.1. The molecule has 0 saturated carbocycles. The molecule has 0 aliphatic heterocycles. The molecule has 0 amide bonds. The summed E-state index contributed by atoms with van der Waals surface area (Å²) in [7, 11) is 0. The van der Waals surface area contributed by atoms with Crippen LogP contribution in [0.1, 0.15) is 92.7 Å². The quantitative estimate of drug-likeness (QED) is 0.158. The van der Waals surface area contributed by atoms with Crippen LogP contribution in [0.15, 0.2) is 119 Å². The van der Waals surface area contributed by atoms with E-state index in [2.05, 4.69) is 94.5 Å². The minimum absolute atomic E-state index is 0. The molecule has 0 saturated heterocycles. The van der Waals surface area contributed by atoms with Gasteiger partial charge in [-0.15, -0.1) is 0 Å². The standard InChI is InChI=1S/C25H33NO.C17H17NO.CH4/c1-6-8-18-25(5,7-2)27-23-16-14-21(15-17-23)24(20(3)4)19-26-22-12-10-9-11-13-22;1-13(2)17(14-8-10-16(19)11-9-14)12-18-15-6-4-3-5-7-15;/h9-17,20H,6-8,18H2,1-5H3;3-11,13,19H,1-2H3;1H4. The number of unbranched alkanes of at least 4 members (excludes halogenated alkanes) is 1. The minimum atomic E-state index is -0.0942. The lowest BCUT2D eigenvalue weighted by atomic mass is 9.95. The molecule has 0 spiro atoms. The third kappa shape index (κ3) is 13.0. The molecule has 4 aromatic carbocycles. The average Bonchev–Trinajstić information content (AvgIpc) is 3.06. The van der Waals surface area contributed by atoms with E-state index in [0.29, 0.717) is 11.8 Å². The first-order valence-electron chi connectivity index (χ1n) is 16.5. The van der Waals surface area contributed by atoms with Crippen molar-refractivity contribution < 1.29 is 9.84 Å². The second-order valence-corrected chi connectivity index (χ2v) is 12.3. The minimum Gasteiger partial charge on any atom is -0.508 e. The van der Waals surface area contributed by atoms with E-state index in [9.17, 15) is 5.11 Å². The van der Waals surface area contributed by atoms with Crippen LogP contribution in [0, 0.1) is 11.8 Å². The van der Waals surface area contributed by atoms with Crippen LogP contribution in [0.3, 0.4) is 0 Å². The Labute approximate surface area is 284 Å². The van der Waals surface area contributed by atoms with Crippen molar-refractivity contribution >= 4 is 34.3 Å². The van der Waals surface area contributed by atoms with E-state index >= 15 is 0 Å². The molecular weight excluding hydrogens is 576 g/mol. The van der Waals surface area contributed by atoms with Gasteiger partial charge in [0.1, 0.15) is 17.1 Å². The van der Waals surface area contributed by atoms with Gasteiger partial charge >= 0.3 is 0 Å². The number of nitrogens with zero attached hydrogens (tertiary/aromatic N) is 2. The number of phenolic OH excluding ortho intramolecular Hbond substituents is 1. The molecule has 0 aliphatic carbocycles. The van der Waals surface area contributed by atoms with Crippen molar-refractivity contribution in [1.29, 1.82) is 0 Å². The van der Waals surface area contributed by atoms with E-state index in [-0.39, 0.29) is 18.8 Å². The fraction of sp³-hybridized carbons (Fsp3) is 0.349. The summed E-state index contributed by atoms with van der Waals surface area (Å²) in [5.41, 5.74) is 6.03. The molecule has 1 atom stereocenters.